The van der Waals surface area contributed by atoms with Gasteiger partial charge in [0.1, 0.15) is 4.99 Å². The monoisotopic (exact) mass is 333 g/mol. The van der Waals surface area contributed by atoms with E-state index in [-0.39, 0.29) is 16.3 Å². The molecule has 0 saturated heterocycles. The molecule has 0 spiro atoms. The van der Waals surface area contributed by atoms with Crippen molar-refractivity contribution in [3.05, 3.63) is 74.8 Å². The molecule has 0 amide bonds. The number of halogens is 1. The van der Waals surface area contributed by atoms with Crippen LogP contribution in [0.5, 0.6) is 0 Å². The number of benzene rings is 2. The first-order valence-corrected chi connectivity index (χ1v) is 7.15. The Bertz CT molecular complexity index is 720. The molecule has 0 aliphatic rings. The van der Waals surface area contributed by atoms with Crippen LogP contribution in [0.1, 0.15) is 11.1 Å². The average molecular weight is 334 g/mol. The highest BCUT2D eigenvalue weighted by atomic mass is 35.5. The van der Waals surface area contributed by atoms with E-state index in [1.165, 1.54) is 18.3 Å². The molecule has 22 heavy (non-hydrogen) atoms. The van der Waals surface area contributed by atoms with Gasteiger partial charge in [-0.05, 0) is 11.6 Å². The van der Waals surface area contributed by atoms with Gasteiger partial charge in [0.05, 0.1) is 21.7 Å². The Morgan fingerprint density at radius 1 is 1.27 bits per heavy atom. The topological polar surface area (TPSA) is 67.5 Å². The van der Waals surface area contributed by atoms with Gasteiger partial charge in [0.25, 0.3) is 5.69 Å². The van der Waals surface area contributed by atoms with E-state index >= 15 is 0 Å². The van der Waals surface area contributed by atoms with Crippen molar-refractivity contribution >= 4 is 40.7 Å². The quantitative estimate of drug-likeness (QED) is 0.392. The first-order chi connectivity index (χ1) is 10.6. The van der Waals surface area contributed by atoms with Crippen LogP contribution in [0, 0.1) is 10.1 Å². The van der Waals surface area contributed by atoms with E-state index in [0.717, 1.165) is 5.56 Å². The van der Waals surface area contributed by atoms with Crippen molar-refractivity contribution in [3.8, 4) is 0 Å². The number of nitrogens with one attached hydrogen (secondary N) is 1. The fraction of sp³-hybridized carbons (Fsp3) is 0.0667. The zero-order valence-corrected chi connectivity index (χ0v) is 13.0. The van der Waals surface area contributed by atoms with Crippen molar-refractivity contribution in [2.24, 2.45) is 5.10 Å². The zero-order valence-electron chi connectivity index (χ0n) is 11.4. The van der Waals surface area contributed by atoms with Crippen LogP contribution in [0.3, 0.4) is 0 Å². The van der Waals surface area contributed by atoms with Crippen molar-refractivity contribution in [1.29, 1.82) is 0 Å². The van der Waals surface area contributed by atoms with E-state index in [2.05, 4.69) is 10.5 Å². The molecular formula is C15H12ClN3O2S. The molecular weight excluding hydrogens is 322 g/mol. The summed E-state index contributed by atoms with van der Waals surface area (Å²) in [5.41, 5.74) is 3.88. The lowest BCUT2D eigenvalue weighted by Gasteiger charge is -2.03. The third-order valence-electron chi connectivity index (χ3n) is 2.82. The summed E-state index contributed by atoms with van der Waals surface area (Å²) in [5.74, 6) is 0. The van der Waals surface area contributed by atoms with Crippen molar-refractivity contribution in [1.82, 2.24) is 5.43 Å². The molecule has 1 N–H and O–H groups in total. The molecule has 7 heteroatoms. The Kier molecular flexibility index (Phi) is 5.57. The lowest BCUT2D eigenvalue weighted by Crippen LogP contribution is -2.17. The summed E-state index contributed by atoms with van der Waals surface area (Å²) >= 11 is 11.1. The highest BCUT2D eigenvalue weighted by Crippen LogP contribution is 2.24. The van der Waals surface area contributed by atoms with E-state index in [1.807, 2.05) is 30.3 Å². The lowest BCUT2D eigenvalue weighted by molar-refractivity contribution is -0.385. The Labute approximate surface area is 137 Å². The Morgan fingerprint density at radius 2 is 2.00 bits per heavy atom. The zero-order chi connectivity index (χ0) is 15.9. The highest BCUT2D eigenvalue weighted by molar-refractivity contribution is 7.80. The third-order valence-corrected chi connectivity index (χ3v) is 3.38. The smallest absolute Gasteiger partial charge is 0.271 e. The maximum atomic E-state index is 11.0. The SMILES string of the molecule is O=[N+]([O-])c1cccc(Cl)c1/C=N\NC(=S)Cc1ccccc1. The first-order valence-electron chi connectivity index (χ1n) is 6.36. The van der Waals surface area contributed by atoms with Crippen LogP contribution in [0.4, 0.5) is 5.69 Å². The predicted octanol–water partition coefficient (Wildman–Crippen LogP) is 3.74. The number of nitro groups is 1. The molecule has 0 saturated carbocycles. The van der Waals surface area contributed by atoms with Crippen LogP contribution in [-0.4, -0.2) is 16.1 Å². The van der Waals surface area contributed by atoms with Crippen LogP contribution >= 0.6 is 23.8 Å². The Morgan fingerprint density at radius 3 is 2.68 bits per heavy atom. The summed E-state index contributed by atoms with van der Waals surface area (Å²) in [6, 6.07) is 14.1. The number of rotatable bonds is 5. The molecule has 2 aromatic rings. The fourth-order valence-electron chi connectivity index (χ4n) is 1.80. The third kappa shape index (κ3) is 4.34. The summed E-state index contributed by atoms with van der Waals surface area (Å²) in [5, 5.41) is 15.1. The number of hydrogen-bond acceptors (Lipinski definition) is 4. The van der Waals surface area contributed by atoms with Gasteiger partial charge >= 0.3 is 0 Å². The van der Waals surface area contributed by atoms with Gasteiger partial charge in [-0.2, -0.15) is 5.10 Å². The van der Waals surface area contributed by atoms with Gasteiger partial charge in [-0.1, -0.05) is 60.2 Å². The lowest BCUT2D eigenvalue weighted by atomic mass is 10.1. The number of thiocarbonyl (C=S) groups is 1. The standard InChI is InChI=1S/C15H12ClN3O2S/c16-13-7-4-8-14(19(20)21)12(13)10-17-18-15(22)9-11-5-2-1-3-6-11/h1-8,10H,9H2,(H,18,22)/b17-10-. The molecule has 0 bridgehead atoms. The van der Waals surface area contributed by atoms with E-state index in [4.69, 9.17) is 23.8 Å². The maximum Gasteiger partial charge on any atom is 0.279 e. The molecule has 0 aromatic heterocycles. The summed E-state index contributed by atoms with van der Waals surface area (Å²) in [6.07, 6.45) is 1.84. The predicted molar refractivity (Wildman–Crippen MR) is 91.6 cm³/mol. The molecule has 5 nitrogen and oxygen atoms in total. The largest absolute Gasteiger partial charge is 0.279 e. The molecule has 0 aliphatic carbocycles. The molecule has 0 radical (unpaired) electrons. The fourth-order valence-corrected chi connectivity index (χ4v) is 2.24. The molecule has 0 unspecified atom stereocenters. The van der Waals surface area contributed by atoms with E-state index in [0.29, 0.717) is 11.4 Å². The minimum Gasteiger partial charge on any atom is -0.271 e. The maximum absolute atomic E-state index is 11.0. The van der Waals surface area contributed by atoms with Gasteiger partial charge in [0, 0.05) is 12.5 Å². The molecule has 112 valence electrons. The second-order valence-corrected chi connectivity index (χ2v) is 5.29. The first kappa shape index (κ1) is 16.1. The normalized spacial score (nSPS) is 10.6. The highest BCUT2D eigenvalue weighted by Gasteiger charge is 2.14. The molecule has 0 aliphatic heterocycles. The van der Waals surface area contributed by atoms with Crippen molar-refractivity contribution in [3.63, 3.8) is 0 Å². The molecule has 2 aromatic carbocycles. The average Bonchev–Trinajstić information content (AvgIpc) is 2.49. The van der Waals surface area contributed by atoms with Gasteiger partial charge in [0.15, 0.2) is 0 Å². The second kappa shape index (κ2) is 7.63. The number of nitro benzene ring substituents is 1. The summed E-state index contributed by atoms with van der Waals surface area (Å²) < 4.78 is 0. The van der Waals surface area contributed by atoms with Gasteiger partial charge in [-0.3, -0.25) is 15.5 Å². The van der Waals surface area contributed by atoms with Crippen molar-refractivity contribution < 1.29 is 4.92 Å². The molecule has 2 rings (SSSR count). The van der Waals surface area contributed by atoms with Crippen molar-refractivity contribution in [2.75, 3.05) is 0 Å². The van der Waals surface area contributed by atoms with Crippen LogP contribution in [-0.2, 0) is 6.42 Å². The van der Waals surface area contributed by atoms with Crippen LogP contribution in [0.15, 0.2) is 53.6 Å². The van der Waals surface area contributed by atoms with Crippen molar-refractivity contribution in [2.45, 2.75) is 6.42 Å². The number of nitrogens with zero attached hydrogens (tertiary/aromatic N) is 2. The summed E-state index contributed by atoms with van der Waals surface area (Å²) in [6.45, 7) is 0. The van der Waals surface area contributed by atoms with Gasteiger partial charge in [-0.15, -0.1) is 0 Å². The Balaban J connectivity index is 2.04. The number of hydrogen-bond donors (Lipinski definition) is 1. The summed E-state index contributed by atoms with van der Waals surface area (Å²) in [7, 11) is 0. The van der Waals surface area contributed by atoms with E-state index in [9.17, 15) is 10.1 Å². The Hall–Kier alpha value is -2.31. The van der Waals surface area contributed by atoms with Gasteiger partial charge < -0.3 is 0 Å². The van der Waals surface area contributed by atoms with E-state index in [1.54, 1.807) is 6.07 Å². The number of hydrazone groups is 1. The molecule has 0 fully saturated rings. The summed E-state index contributed by atoms with van der Waals surface area (Å²) in [4.78, 5) is 11.0. The van der Waals surface area contributed by atoms with Crippen LogP contribution < -0.4 is 5.43 Å². The van der Waals surface area contributed by atoms with Gasteiger partial charge in [0.2, 0.25) is 0 Å². The molecule has 0 heterocycles. The van der Waals surface area contributed by atoms with Gasteiger partial charge in [-0.25, -0.2) is 0 Å². The van der Waals surface area contributed by atoms with Crippen LogP contribution in [0.2, 0.25) is 5.02 Å². The minimum absolute atomic E-state index is 0.105. The second-order valence-electron chi connectivity index (χ2n) is 4.39. The van der Waals surface area contributed by atoms with E-state index < -0.39 is 4.92 Å². The van der Waals surface area contributed by atoms with Crippen LogP contribution in [0.25, 0.3) is 0 Å². The minimum atomic E-state index is -0.504. The molecule has 0 atom stereocenters.